The quantitative estimate of drug-likeness (QED) is 0.592. The van der Waals surface area contributed by atoms with Gasteiger partial charge in [-0.25, -0.2) is 0 Å². The third-order valence-electron chi connectivity index (χ3n) is 0.936. The number of carbonyl (C=O) groups excluding carboxylic acids is 1. The van der Waals surface area contributed by atoms with Gasteiger partial charge in [0.15, 0.2) is 0 Å². The standard InChI is InChI=1S/C7H15NO2/c1-5(2)10-7(8)4-6(3)9/h5,7H,4,8H2,1-3H3. The smallest absolute Gasteiger partial charge is 0.133 e. The lowest BCUT2D eigenvalue weighted by atomic mass is 10.3. The Labute approximate surface area is 61.5 Å². The number of hydrogen-bond donors (Lipinski definition) is 1. The molecule has 3 nitrogen and oxygen atoms in total. The Balaban J connectivity index is 3.43. The molecule has 2 N–H and O–H groups in total. The fourth-order valence-corrected chi connectivity index (χ4v) is 0.681. The predicted molar refractivity (Wildman–Crippen MR) is 39.5 cm³/mol. The summed E-state index contributed by atoms with van der Waals surface area (Å²) >= 11 is 0. The summed E-state index contributed by atoms with van der Waals surface area (Å²) in [6, 6.07) is 0. The van der Waals surface area contributed by atoms with Crippen LogP contribution in [-0.4, -0.2) is 18.1 Å². The highest BCUT2D eigenvalue weighted by atomic mass is 16.5. The van der Waals surface area contributed by atoms with Gasteiger partial charge in [-0.05, 0) is 20.8 Å². The fraction of sp³-hybridized carbons (Fsp3) is 0.857. The zero-order valence-electron chi connectivity index (χ0n) is 6.76. The molecule has 0 heterocycles. The average Bonchev–Trinajstić information content (AvgIpc) is 1.58. The van der Waals surface area contributed by atoms with Gasteiger partial charge in [0.05, 0.1) is 6.10 Å². The van der Waals surface area contributed by atoms with Gasteiger partial charge in [-0.3, -0.25) is 4.79 Å². The van der Waals surface area contributed by atoms with Gasteiger partial charge in [-0.1, -0.05) is 0 Å². The molecular formula is C7H15NO2. The zero-order chi connectivity index (χ0) is 8.15. The summed E-state index contributed by atoms with van der Waals surface area (Å²) in [5.41, 5.74) is 5.43. The molecule has 0 bridgehead atoms. The summed E-state index contributed by atoms with van der Waals surface area (Å²) in [5, 5.41) is 0. The molecule has 0 aromatic rings. The molecule has 1 unspecified atom stereocenters. The van der Waals surface area contributed by atoms with E-state index in [0.29, 0.717) is 6.42 Å². The second-order valence-electron chi connectivity index (χ2n) is 2.63. The monoisotopic (exact) mass is 145 g/mol. The van der Waals surface area contributed by atoms with E-state index in [2.05, 4.69) is 0 Å². The second-order valence-corrected chi connectivity index (χ2v) is 2.63. The largest absolute Gasteiger partial charge is 0.360 e. The topological polar surface area (TPSA) is 52.3 Å². The summed E-state index contributed by atoms with van der Waals surface area (Å²) in [6.07, 6.45) is -0.0371. The molecule has 10 heavy (non-hydrogen) atoms. The molecule has 0 spiro atoms. The van der Waals surface area contributed by atoms with Gasteiger partial charge in [-0.2, -0.15) is 0 Å². The lowest BCUT2D eigenvalue weighted by Gasteiger charge is -2.13. The SMILES string of the molecule is CC(=O)CC(N)OC(C)C. The Kier molecular flexibility index (Phi) is 4.23. The van der Waals surface area contributed by atoms with Crippen molar-refractivity contribution in [3.63, 3.8) is 0 Å². The molecule has 0 rings (SSSR count). The highest BCUT2D eigenvalue weighted by Crippen LogP contribution is 1.96. The molecule has 1 atom stereocenters. The first kappa shape index (κ1) is 9.59. The van der Waals surface area contributed by atoms with E-state index in [0.717, 1.165) is 0 Å². The summed E-state index contributed by atoms with van der Waals surface area (Å²) in [5.74, 6) is 0.0631. The van der Waals surface area contributed by atoms with E-state index in [1.54, 1.807) is 0 Å². The van der Waals surface area contributed by atoms with Crippen LogP contribution < -0.4 is 5.73 Å². The molecule has 0 aliphatic heterocycles. The van der Waals surface area contributed by atoms with Crippen molar-refractivity contribution >= 4 is 5.78 Å². The third-order valence-corrected chi connectivity index (χ3v) is 0.936. The molecule has 0 fully saturated rings. The van der Waals surface area contributed by atoms with Gasteiger partial charge in [-0.15, -0.1) is 0 Å². The van der Waals surface area contributed by atoms with Gasteiger partial charge in [0.2, 0.25) is 0 Å². The number of hydrogen-bond acceptors (Lipinski definition) is 3. The van der Waals surface area contributed by atoms with Crippen molar-refractivity contribution in [2.24, 2.45) is 5.73 Å². The molecule has 60 valence electrons. The number of ketones is 1. The zero-order valence-corrected chi connectivity index (χ0v) is 6.76. The van der Waals surface area contributed by atoms with Crippen LogP contribution in [0.15, 0.2) is 0 Å². The Morgan fingerprint density at radius 1 is 1.60 bits per heavy atom. The maximum atomic E-state index is 10.5. The van der Waals surface area contributed by atoms with Gasteiger partial charge < -0.3 is 10.5 Å². The van der Waals surface area contributed by atoms with Gasteiger partial charge in [0.25, 0.3) is 0 Å². The normalized spacial score (nSPS) is 13.7. The van der Waals surface area contributed by atoms with Gasteiger partial charge in [0.1, 0.15) is 12.0 Å². The fourth-order valence-electron chi connectivity index (χ4n) is 0.681. The molecule has 0 aliphatic rings. The van der Waals surface area contributed by atoms with E-state index >= 15 is 0 Å². The Morgan fingerprint density at radius 2 is 2.10 bits per heavy atom. The molecule has 0 aliphatic carbocycles. The summed E-state index contributed by atoms with van der Waals surface area (Å²) in [7, 11) is 0. The van der Waals surface area contributed by atoms with Crippen LogP contribution in [0, 0.1) is 0 Å². The first-order valence-corrected chi connectivity index (χ1v) is 3.43. The van der Waals surface area contributed by atoms with Gasteiger partial charge in [0, 0.05) is 6.42 Å². The van der Waals surface area contributed by atoms with Crippen LogP contribution in [0.3, 0.4) is 0 Å². The molecule has 0 aromatic heterocycles. The van der Waals surface area contributed by atoms with E-state index < -0.39 is 6.23 Å². The predicted octanol–water partition coefficient (Wildman–Crippen LogP) is 0.675. The van der Waals surface area contributed by atoms with Crippen molar-refractivity contribution in [2.75, 3.05) is 0 Å². The van der Waals surface area contributed by atoms with E-state index in [1.165, 1.54) is 6.92 Å². The number of nitrogens with two attached hydrogens (primary N) is 1. The molecule has 0 radical (unpaired) electrons. The summed E-state index contributed by atoms with van der Waals surface area (Å²) in [6.45, 7) is 5.28. The second kappa shape index (κ2) is 4.41. The minimum atomic E-state index is -0.433. The lowest BCUT2D eigenvalue weighted by molar-refractivity contribution is -0.120. The van der Waals surface area contributed by atoms with Crippen LogP contribution in [0.2, 0.25) is 0 Å². The Bertz CT molecular complexity index is 112. The molecular weight excluding hydrogens is 130 g/mol. The molecule has 3 heteroatoms. The molecule has 0 saturated heterocycles. The minimum absolute atomic E-state index is 0.0631. The van der Waals surface area contributed by atoms with E-state index in [4.69, 9.17) is 10.5 Å². The van der Waals surface area contributed by atoms with Crippen molar-refractivity contribution in [2.45, 2.75) is 39.5 Å². The van der Waals surface area contributed by atoms with E-state index in [-0.39, 0.29) is 11.9 Å². The van der Waals surface area contributed by atoms with Crippen LogP contribution in [0.1, 0.15) is 27.2 Å². The van der Waals surface area contributed by atoms with Crippen molar-refractivity contribution in [1.29, 1.82) is 0 Å². The maximum Gasteiger partial charge on any atom is 0.133 e. The Morgan fingerprint density at radius 3 is 2.40 bits per heavy atom. The van der Waals surface area contributed by atoms with Crippen LogP contribution >= 0.6 is 0 Å². The Hall–Kier alpha value is -0.410. The van der Waals surface area contributed by atoms with Crippen LogP contribution in [0.25, 0.3) is 0 Å². The number of ether oxygens (including phenoxy) is 1. The number of carbonyl (C=O) groups is 1. The lowest BCUT2D eigenvalue weighted by Crippen LogP contribution is -2.29. The number of Topliss-reactive ketones (excluding diaryl/α,β-unsaturated/α-hetero) is 1. The number of rotatable bonds is 4. The van der Waals surface area contributed by atoms with E-state index in [1.807, 2.05) is 13.8 Å². The van der Waals surface area contributed by atoms with Gasteiger partial charge >= 0.3 is 0 Å². The molecule has 0 amide bonds. The van der Waals surface area contributed by atoms with Crippen molar-refractivity contribution in [3.05, 3.63) is 0 Å². The first-order valence-electron chi connectivity index (χ1n) is 3.43. The first-order chi connectivity index (χ1) is 4.52. The summed E-state index contributed by atoms with van der Waals surface area (Å²) in [4.78, 5) is 10.5. The molecule has 0 aromatic carbocycles. The van der Waals surface area contributed by atoms with Crippen molar-refractivity contribution < 1.29 is 9.53 Å². The van der Waals surface area contributed by atoms with Crippen molar-refractivity contribution in [1.82, 2.24) is 0 Å². The van der Waals surface area contributed by atoms with Crippen LogP contribution in [-0.2, 0) is 9.53 Å². The average molecular weight is 145 g/mol. The third kappa shape index (κ3) is 5.72. The van der Waals surface area contributed by atoms with Crippen LogP contribution in [0.5, 0.6) is 0 Å². The highest BCUT2D eigenvalue weighted by molar-refractivity contribution is 5.75. The molecule has 0 saturated carbocycles. The van der Waals surface area contributed by atoms with Crippen LogP contribution in [0.4, 0.5) is 0 Å². The van der Waals surface area contributed by atoms with E-state index in [9.17, 15) is 4.79 Å². The highest BCUT2D eigenvalue weighted by Gasteiger charge is 2.06. The van der Waals surface area contributed by atoms with Crippen molar-refractivity contribution in [3.8, 4) is 0 Å². The maximum absolute atomic E-state index is 10.5. The summed E-state index contributed by atoms with van der Waals surface area (Å²) < 4.78 is 5.12. The minimum Gasteiger partial charge on any atom is -0.360 e.